The zero-order chi connectivity index (χ0) is 7.70. The van der Waals surface area contributed by atoms with Gasteiger partial charge in [-0.05, 0) is 13.3 Å². The summed E-state index contributed by atoms with van der Waals surface area (Å²) in [7, 11) is 0. The lowest BCUT2D eigenvalue weighted by Crippen LogP contribution is -1.86. The van der Waals surface area contributed by atoms with Gasteiger partial charge in [-0.3, -0.25) is 0 Å². The van der Waals surface area contributed by atoms with E-state index in [0.717, 1.165) is 19.3 Å². The number of hydrogen-bond acceptors (Lipinski definition) is 1. The smallest absolute Gasteiger partial charge is 0.129 e. The second-order valence-electron chi connectivity index (χ2n) is 1.81. The SMILES string of the molecule is CC.CCCCC(C)=O.[B]. The van der Waals surface area contributed by atoms with E-state index < -0.39 is 0 Å². The highest BCUT2D eigenvalue weighted by molar-refractivity contribution is 5.75. The molecule has 0 aromatic rings. The maximum atomic E-state index is 10.2. The highest BCUT2D eigenvalue weighted by Gasteiger charge is 1.87. The summed E-state index contributed by atoms with van der Waals surface area (Å²) in [6, 6.07) is 0. The number of rotatable bonds is 3. The van der Waals surface area contributed by atoms with Crippen LogP contribution in [0, 0.1) is 0 Å². The minimum atomic E-state index is 0. The number of unbranched alkanes of at least 4 members (excludes halogenated alkanes) is 1. The summed E-state index contributed by atoms with van der Waals surface area (Å²) in [6.45, 7) is 7.72. The Labute approximate surface area is 66.8 Å². The number of ketones is 1. The molecule has 0 unspecified atom stereocenters. The minimum Gasteiger partial charge on any atom is -0.300 e. The Balaban J connectivity index is -0.000000149. The van der Waals surface area contributed by atoms with E-state index >= 15 is 0 Å². The third kappa shape index (κ3) is 25.2. The molecule has 0 aromatic carbocycles. The molecule has 0 amide bonds. The fourth-order valence-corrected chi connectivity index (χ4v) is 0.426. The molecule has 0 bridgehead atoms. The molecule has 0 saturated heterocycles. The van der Waals surface area contributed by atoms with E-state index in [9.17, 15) is 4.79 Å². The van der Waals surface area contributed by atoms with Gasteiger partial charge in [-0.25, -0.2) is 0 Å². The van der Waals surface area contributed by atoms with Crippen molar-refractivity contribution in [3.63, 3.8) is 0 Å². The van der Waals surface area contributed by atoms with E-state index in [1.54, 1.807) is 6.92 Å². The number of carbonyl (C=O) groups excluding carboxylic acids is 1. The molecule has 0 fully saturated rings. The number of hydrogen-bond donors (Lipinski definition) is 0. The third-order valence-corrected chi connectivity index (χ3v) is 0.882. The monoisotopic (exact) mass is 141 g/mol. The Hall–Kier alpha value is -0.265. The van der Waals surface area contributed by atoms with Crippen LogP contribution in [0.5, 0.6) is 0 Å². The van der Waals surface area contributed by atoms with Crippen LogP contribution in [0.25, 0.3) is 0 Å². The normalized spacial score (nSPS) is 6.80. The van der Waals surface area contributed by atoms with Gasteiger partial charge in [-0.2, -0.15) is 0 Å². The summed E-state index contributed by atoms with van der Waals surface area (Å²) in [4.78, 5) is 10.2. The fraction of sp³-hybridized carbons (Fsp3) is 0.875. The number of carbonyl (C=O) groups is 1. The summed E-state index contributed by atoms with van der Waals surface area (Å²) in [5, 5.41) is 0. The van der Waals surface area contributed by atoms with Crippen LogP contribution in [0.3, 0.4) is 0 Å². The Morgan fingerprint density at radius 1 is 1.30 bits per heavy atom. The van der Waals surface area contributed by atoms with Crippen molar-refractivity contribution < 1.29 is 4.79 Å². The van der Waals surface area contributed by atoms with Crippen LogP contribution in [-0.4, -0.2) is 14.2 Å². The van der Waals surface area contributed by atoms with Crippen molar-refractivity contribution in [1.29, 1.82) is 0 Å². The maximum absolute atomic E-state index is 10.2. The fourth-order valence-electron chi connectivity index (χ4n) is 0.426. The van der Waals surface area contributed by atoms with Gasteiger partial charge < -0.3 is 4.79 Å². The van der Waals surface area contributed by atoms with Crippen molar-refractivity contribution in [2.24, 2.45) is 0 Å². The van der Waals surface area contributed by atoms with E-state index in [0.29, 0.717) is 5.78 Å². The van der Waals surface area contributed by atoms with Crippen molar-refractivity contribution in [2.75, 3.05) is 0 Å². The predicted octanol–water partition coefficient (Wildman–Crippen LogP) is 2.41. The van der Waals surface area contributed by atoms with Gasteiger partial charge in [0.05, 0.1) is 0 Å². The molecule has 0 heterocycles. The topological polar surface area (TPSA) is 17.1 Å². The van der Waals surface area contributed by atoms with Crippen LogP contribution >= 0.6 is 0 Å². The van der Waals surface area contributed by atoms with E-state index in [-0.39, 0.29) is 8.41 Å². The maximum Gasteiger partial charge on any atom is 0.129 e. The molecule has 0 aromatic heterocycles. The van der Waals surface area contributed by atoms with Crippen molar-refractivity contribution in [3.05, 3.63) is 0 Å². The Morgan fingerprint density at radius 2 is 1.70 bits per heavy atom. The lowest BCUT2D eigenvalue weighted by atomic mass is 10.2. The summed E-state index contributed by atoms with van der Waals surface area (Å²) < 4.78 is 0. The van der Waals surface area contributed by atoms with Crippen molar-refractivity contribution >= 4 is 14.2 Å². The lowest BCUT2D eigenvalue weighted by molar-refractivity contribution is -0.117. The first-order valence-electron chi connectivity index (χ1n) is 3.76. The van der Waals surface area contributed by atoms with Crippen LogP contribution in [-0.2, 0) is 4.79 Å². The molecule has 0 aliphatic rings. The van der Waals surface area contributed by atoms with Crippen LogP contribution in [0.4, 0.5) is 0 Å². The highest BCUT2D eigenvalue weighted by Crippen LogP contribution is 1.92. The first-order chi connectivity index (χ1) is 4.27. The molecule has 0 atom stereocenters. The van der Waals surface area contributed by atoms with Gasteiger partial charge in [-0.1, -0.05) is 27.2 Å². The second-order valence-corrected chi connectivity index (χ2v) is 1.81. The molecule has 0 aliphatic carbocycles. The van der Waals surface area contributed by atoms with Gasteiger partial charge in [-0.15, -0.1) is 0 Å². The van der Waals surface area contributed by atoms with Crippen molar-refractivity contribution in [2.45, 2.75) is 47.0 Å². The van der Waals surface area contributed by atoms with Crippen molar-refractivity contribution in [1.82, 2.24) is 0 Å². The summed E-state index contributed by atoms with van der Waals surface area (Å²) >= 11 is 0. The van der Waals surface area contributed by atoms with Gasteiger partial charge in [0.25, 0.3) is 0 Å². The predicted molar refractivity (Wildman–Crippen MR) is 47.3 cm³/mol. The van der Waals surface area contributed by atoms with E-state index in [2.05, 4.69) is 6.92 Å². The average molecular weight is 141 g/mol. The van der Waals surface area contributed by atoms with Gasteiger partial charge in [0.2, 0.25) is 0 Å². The van der Waals surface area contributed by atoms with Crippen LogP contribution < -0.4 is 0 Å². The molecule has 10 heavy (non-hydrogen) atoms. The van der Waals surface area contributed by atoms with Crippen molar-refractivity contribution in [3.8, 4) is 0 Å². The van der Waals surface area contributed by atoms with Gasteiger partial charge in [0, 0.05) is 14.8 Å². The quantitative estimate of drug-likeness (QED) is 0.551. The molecule has 0 N–H and O–H groups in total. The molecule has 0 saturated carbocycles. The lowest BCUT2D eigenvalue weighted by Gasteiger charge is -1.86. The van der Waals surface area contributed by atoms with Gasteiger partial charge in [0.1, 0.15) is 5.78 Å². The van der Waals surface area contributed by atoms with Crippen LogP contribution in [0.2, 0.25) is 0 Å². The average Bonchev–Trinajstić information content (AvgIpc) is 1.88. The summed E-state index contributed by atoms with van der Waals surface area (Å²) in [5.41, 5.74) is 0. The summed E-state index contributed by atoms with van der Waals surface area (Å²) in [6.07, 6.45) is 2.94. The second kappa shape index (κ2) is 15.9. The Bertz CT molecular complexity index is 62.3. The molecule has 59 valence electrons. The zero-order valence-corrected chi connectivity index (χ0v) is 7.61. The molecular weight excluding hydrogens is 123 g/mol. The van der Waals surface area contributed by atoms with Crippen LogP contribution in [0.1, 0.15) is 47.0 Å². The van der Waals surface area contributed by atoms with E-state index in [1.807, 2.05) is 13.8 Å². The van der Waals surface area contributed by atoms with E-state index in [1.165, 1.54) is 0 Å². The standard InChI is InChI=1S/C6H12O.C2H6.B/c1-3-4-5-6(2)7;1-2;/h3-5H2,1-2H3;1-2H3;. The molecule has 0 aliphatic heterocycles. The molecule has 0 rings (SSSR count). The van der Waals surface area contributed by atoms with Gasteiger partial charge in [0.15, 0.2) is 0 Å². The molecule has 2 heteroatoms. The van der Waals surface area contributed by atoms with Crippen LogP contribution in [0.15, 0.2) is 0 Å². The third-order valence-electron chi connectivity index (χ3n) is 0.882. The summed E-state index contributed by atoms with van der Waals surface area (Å²) in [5.74, 6) is 0.307. The largest absolute Gasteiger partial charge is 0.300 e. The Kier molecular flexibility index (Phi) is 26.0. The first-order valence-corrected chi connectivity index (χ1v) is 3.76. The van der Waals surface area contributed by atoms with Gasteiger partial charge >= 0.3 is 0 Å². The molecule has 0 spiro atoms. The minimum absolute atomic E-state index is 0. The molecular formula is C8H18BO. The molecule has 1 nitrogen and oxygen atoms in total. The number of Topliss-reactive ketones (excluding diaryl/α,β-unsaturated/α-hetero) is 1. The Morgan fingerprint density at radius 3 is 1.80 bits per heavy atom. The van der Waals surface area contributed by atoms with E-state index in [4.69, 9.17) is 0 Å². The first kappa shape index (κ1) is 16.4. The highest BCUT2D eigenvalue weighted by atomic mass is 16.1. The molecule has 3 radical (unpaired) electrons. The zero-order valence-electron chi connectivity index (χ0n) is 7.61.